The summed E-state index contributed by atoms with van der Waals surface area (Å²) in [6.07, 6.45) is 1.59. The second-order valence-corrected chi connectivity index (χ2v) is 7.79. The van der Waals surface area contributed by atoms with Gasteiger partial charge < -0.3 is 19.5 Å². The minimum Gasteiger partial charge on any atom is -0.494 e. The Labute approximate surface area is 172 Å². The van der Waals surface area contributed by atoms with Crippen LogP contribution in [0.1, 0.15) is 11.8 Å². The van der Waals surface area contributed by atoms with E-state index < -0.39 is 0 Å². The minimum absolute atomic E-state index is 0.252. The summed E-state index contributed by atoms with van der Waals surface area (Å²) in [4.78, 5) is 11.2. The zero-order valence-electron chi connectivity index (χ0n) is 16.1. The first-order valence-electron chi connectivity index (χ1n) is 9.37. The molecule has 1 aliphatic heterocycles. The van der Waals surface area contributed by atoms with Crippen LogP contribution < -0.4 is 19.5 Å². The number of aryl methyl sites for hydroxylation is 1. The van der Waals surface area contributed by atoms with Gasteiger partial charge in [-0.05, 0) is 43.7 Å². The molecule has 0 spiro atoms. The lowest BCUT2D eigenvalue weighted by molar-refractivity contribution is 0.174. The van der Waals surface area contributed by atoms with Gasteiger partial charge in [-0.1, -0.05) is 12.1 Å². The summed E-state index contributed by atoms with van der Waals surface area (Å²) in [6, 6.07) is 13.9. The SMILES string of the molecule is CCOc1ccc(-c2c(C)sc3ncnc(Nc4ccc5c(c4)OCO5)c23)cc1. The van der Waals surface area contributed by atoms with Gasteiger partial charge in [0.1, 0.15) is 22.7 Å². The molecule has 1 N–H and O–H groups in total. The number of benzene rings is 2. The first-order valence-corrected chi connectivity index (χ1v) is 10.2. The second-order valence-electron chi connectivity index (χ2n) is 6.59. The van der Waals surface area contributed by atoms with Crippen LogP contribution >= 0.6 is 11.3 Å². The standard InChI is InChI=1S/C22H19N3O3S/c1-3-26-16-7-4-14(5-8-16)19-13(2)29-22-20(19)21(23-11-24-22)25-15-6-9-17-18(10-15)28-12-27-17/h4-11H,3,12H2,1-2H3,(H,23,24,25). The first-order chi connectivity index (χ1) is 14.2. The van der Waals surface area contributed by atoms with E-state index in [1.165, 1.54) is 4.88 Å². The van der Waals surface area contributed by atoms with Gasteiger partial charge >= 0.3 is 0 Å². The lowest BCUT2D eigenvalue weighted by Gasteiger charge is -2.10. The first kappa shape index (κ1) is 17.8. The number of fused-ring (bicyclic) bond motifs is 2. The summed E-state index contributed by atoms with van der Waals surface area (Å²) in [5.41, 5.74) is 3.13. The van der Waals surface area contributed by atoms with Gasteiger partial charge in [-0.2, -0.15) is 0 Å². The van der Waals surface area contributed by atoms with E-state index in [9.17, 15) is 0 Å². The third kappa shape index (κ3) is 3.23. The molecule has 0 atom stereocenters. The Balaban J connectivity index is 1.58. The number of aromatic nitrogens is 2. The summed E-state index contributed by atoms with van der Waals surface area (Å²) in [5, 5.41) is 4.44. The molecule has 0 saturated carbocycles. The van der Waals surface area contributed by atoms with Crippen molar-refractivity contribution in [2.75, 3.05) is 18.7 Å². The largest absolute Gasteiger partial charge is 0.494 e. The molecule has 0 bridgehead atoms. The predicted octanol–water partition coefficient (Wildman–Crippen LogP) is 5.54. The van der Waals surface area contributed by atoms with Crippen LogP contribution in [-0.4, -0.2) is 23.4 Å². The summed E-state index contributed by atoms with van der Waals surface area (Å²) in [6.45, 7) is 5.00. The highest BCUT2D eigenvalue weighted by atomic mass is 32.1. The minimum atomic E-state index is 0.252. The van der Waals surface area contributed by atoms with E-state index >= 15 is 0 Å². The van der Waals surface area contributed by atoms with Crippen LogP contribution in [0.3, 0.4) is 0 Å². The van der Waals surface area contributed by atoms with Gasteiger partial charge in [0.2, 0.25) is 6.79 Å². The maximum atomic E-state index is 5.58. The van der Waals surface area contributed by atoms with Crippen LogP contribution in [0.15, 0.2) is 48.8 Å². The van der Waals surface area contributed by atoms with E-state index in [-0.39, 0.29) is 6.79 Å². The van der Waals surface area contributed by atoms with Crippen molar-refractivity contribution >= 4 is 33.1 Å². The van der Waals surface area contributed by atoms with E-state index in [0.717, 1.165) is 50.1 Å². The average molecular weight is 405 g/mol. The van der Waals surface area contributed by atoms with E-state index in [1.807, 2.05) is 37.3 Å². The molecule has 0 amide bonds. The Morgan fingerprint density at radius 1 is 1.07 bits per heavy atom. The zero-order chi connectivity index (χ0) is 19.8. The van der Waals surface area contributed by atoms with Crippen molar-refractivity contribution in [3.63, 3.8) is 0 Å². The van der Waals surface area contributed by atoms with Crippen LogP contribution in [0.4, 0.5) is 11.5 Å². The summed E-state index contributed by atoms with van der Waals surface area (Å²) in [5.74, 6) is 3.11. The molecule has 2 aromatic carbocycles. The average Bonchev–Trinajstić information content (AvgIpc) is 3.32. The molecule has 5 rings (SSSR count). The maximum Gasteiger partial charge on any atom is 0.231 e. The van der Waals surface area contributed by atoms with Gasteiger partial charge in [-0.15, -0.1) is 11.3 Å². The number of nitrogens with one attached hydrogen (secondary N) is 1. The number of hydrogen-bond donors (Lipinski definition) is 1. The van der Waals surface area contributed by atoms with Crippen molar-refractivity contribution in [3.05, 3.63) is 53.7 Å². The van der Waals surface area contributed by atoms with Gasteiger partial charge in [0.25, 0.3) is 0 Å². The highest BCUT2D eigenvalue weighted by Crippen LogP contribution is 2.42. The molecule has 29 heavy (non-hydrogen) atoms. The fourth-order valence-electron chi connectivity index (χ4n) is 3.48. The van der Waals surface area contributed by atoms with Crippen molar-refractivity contribution in [2.24, 2.45) is 0 Å². The zero-order valence-corrected chi connectivity index (χ0v) is 16.9. The Morgan fingerprint density at radius 2 is 1.90 bits per heavy atom. The molecular formula is C22H19N3O3S. The van der Waals surface area contributed by atoms with Gasteiger partial charge in [0.05, 0.1) is 12.0 Å². The van der Waals surface area contributed by atoms with Crippen LogP contribution in [0.25, 0.3) is 21.3 Å². The molecule has 6 nitrogen and oxygen atoms in total. The third-order valence-electron chi connectivity index (χ3n) is 4.75. The molecule has 0 fully saturated rings. The topological polar surface area (TPSA) is 65.5 Å². The van der Waals surface area contributed by atoms with Crippen LogP contribution in [-0.2, 0) is 0 Å². The number of thiophene rings is 1. The normalized spacial score (nSPS) is 12.3. The molecule has 7 heteroatoms. The number of nitrogens with zero attached hydrogens (tertiary/aromatic N) is 2. The highest BCUT2D eigenvalue weighted by Gasteiger charge is 2.18. The molecule has 3 heterocycles. The van der Waals surface area contributed by atoms with Gasteiger partial charge in [-0.3, -0.25) is 0 Å². The van der Waals surface area contributed by atoms with Crippen LogP contribution in [0.5, 0.6) is 17.2 Å². The fraction of sp³-hybridized carbons (Fsp3) is 0.182. The summed E-state index contributed by atoms with van der Waals surface area (Å²) in [7, 11) is 0. The van der Waals surface area contributed by atoms with E-state index in [1.54, 1.807) is 17.7 Å². The quantitative estimate of drug-likeness (QED) is 0.470. The van der Waals surface area contributed by atoms with Crippen LogP contribution in [0, 0.1) is 6.92 Å². The molecule has 4 aromatic rings. The predicted molar refractivity (Wildman–Crippen MR) is 115 cm³/mol. The third-order valence-corrected chi connectivity index (χ3v) is 5.77. The molecular weight excluding hydrogens is 386 g/mol. The molecule has 2 aromatic heterocycles. The molecule has 146 valence electrons. The van der Waals surface area contributed by atoms with Crippen molar-refractivity contribution in [1.82, 2.24) is 9.97 Å². The molecule has 0 radical (unpaired) electrons. The monoisotopic (exact) mass is 405 g/mol. The van der Waals surface area contributed by atoms with E-state index in [2.05, 4.69) is 34.3 Å². The van der Waals surface area contributed by atoms with Crippen molar-refractivity contribution < 1.29 is 14.2 Å². The fourth-order valence-corrected chi connectivity index (χ4v) is 4.49. The molecule has 1 aliphatic rings. The number of anilines is 2. The summed E-state index contributed by atoms with van der Waals surface area (Å²) < 4.78 is 16.5. The molecule has 0 saturated heterocycles. The Morgan fingerprint density at radius 3 is 2.72 bits per heavy atom. The summed E-state index contributed by atoms with van der Waals surface area (Å²) >= 11 is 1.67. The Kier molecular flexibility index (Phi) is 4.44. The van der Waals surface area contributed by atoms with Crippen molar-refractivity contribution in [2.45, 2.75) is 13.8 Å². The lowest BCUT2D eigenvalue weighted by atomic mass is 10.0. The maximum absolute atomic E-state index is 5.58. The highest BCUT2D eigenvalue weighted by molar-refractivity contribution is 7.19. The van der Waals surface area contributed by atoms with Crippen molar-refractivity contribution in [1.29, 1.82) is 0 Å². The second kappa shape index (κ2) is 7.25. The lowest BCUT2D eigenvalue weighted by Crippen LogP contribution is -1.96. The van der Waals surface area contributed by atoms with E-state index in [0.29, 0.717) is 6.61 Å². The van der Waals surface area contributed by atoms with Crippen LogP contribution in [0.2, 0.25) is 0 Å². The van der Waals surface area contributed by atoms with E-state index in [4.69, 9.17) is 14.2 Å². The number of ether oxygens (including phenoxy) is 3. The van der Waals surface area contributed by atoms with Crippen molar-refractivity contribution in [3.8, 4) is 28.4 Å². The van der Waals surface area contributed by atoms with Gasteiger partial charge in [0, 0.05) is 22.2 Å². The number of hydrogen-bond acceptors (Lipinski definition) is 7. The van der Waals surface area contributed by atoms with Gasteiger partial charge in [0.15, 0.2) is 11.5 Å². The number of rotatable bonds is 5. The van der Waals surface area contributed by atoms with Gasteiger partial charge in [-0.25, -0.2) is 9.97 Å². The molecule has 0 aliphatic carbocycles. The smallest absolute Gasteiger partial charge is 0.231 e. The Hall–Kier alpha value is -3.32. The Bertz CT molecular complexity index is 1190. The molecule has 0 unspecified atom stereocenters.